The maximum absolute atomic E-state index is 9.68. The molecule has 29 heavy (non-hydrogen) atoms. The Balaban J connectivity index is 1.20. The molecule has 2 heterocycles. The van der Waals surface area contributed by atoms with Crippen LogP contribution in [0.5, 0.6) is 6.01 Å². The van der Waals surface area contributed by atoms with Gasteiger partial charge in [0.25, 0.3) is 0 Å². The number of hydrogen-bond acceptors (Lipinski definition) is 5. The fourth-order valence-corrected chi connectivity index (χ4v) is 4.62. The molecule has 0 spiro atoms. The third-order valence-electron chi connectivity index (χ3n) is 6.55. The van der Waals surface area contributed by atoms with E-state index in [-0.39, 0.29) is 12.2 Å². The first-order valence-corrected chi connectivity index (χ1v) is 10.7. The molecule has 0 bridgehead atoms. The minimum absolute atomic E-state index is 0.0592. The monoisotopic (exact) mass is 389 g/mol. The Labute approximate surface area is 171 Å². The quantitative estimate of drug-likeness (QED) is 0.690. The highest BCUT2D eigenvalue weighted by molar-refractivity contribution is 5.78. The molecule has 2 aliphatic carbocycles. The fraction of sp³-hybridized carbons (Fsp3) is 0.458. The zero-order chi connectivity index (χ0) is 19.8. The van der Waals surface area contributed by atoms with Gasteiger partial charge in [0.05, 0.1) is 11.6 Å². The van der Waals surface area contributed by atoms with E-state index in [9.17, 15) is 5.11 Å². The molecule has 1 unspecified atom stereocenters. The van der Waals surface area contributed by atoms with E-state index in [1.54, 1.807) is 0 Å². The molecular weight excluding hydrogens is 362 g/mol. The van der Waals surface area contributed by atoms with Crippen molar-refractivity contribution in [3.8, 4) is 6.01 Å². The lowest BCUT2D eigenvalue weighted by Gasteiger charge is -2.25. The summed E-state index contributed by atoms with van der Waals surface area (Å²) in [6, 6.07) is 13.0. The topological polar surface area (TPSA) is 68.1 Å². The van der Waals surface area contributed by atoms with Crippen LogP contribution in [0.4, 0.5) is 0 Å². The van der Waals surface area contributed by atoms with E-state index in [0.717, 1.165) is 48.9 Å². The van der Waals surface area contributed by atoms with Gasteiger partial charge < -0.3 is 9.84 Å². The number of fused-ring (bicyclic) bond motifs is 1. The van der Waals surface area contributed by atoms with Crippen molar-refractivity contribution in [1.82, 2.24) is 15.0 Å². The Hall–Kier alpha value is -2.53. The average molecular weight is 389 g/mol. The van der Waals surface area contributed by atoms with Crippen molar-refractivity contribution in [2.75, 3.05) is 0 Å². The standard InChI is InChI=1S/C24H27N3O2/c1-15(20-12-21(20)23-11-8-17-4-2-3-5-22(17)27-23)29-24-25-13-18(14-26-24)16-6-9-19(28)10-7-16/h2-5,8,11,13-16,19-21,28H,6-7,9-10,12H2,1H3/t15?,16?,19?,20-,21-/m1/s1. The Morgan fingerprint density at radius 1 is 1.00 bits per heavy atom. The minimum atomic E-state index is -0.140. The second-order valence-electron chi connectivity index (χ2n) is 8.56. The number of aliphatic hydroxyl groups is 1. The first kappa shape index (κ1) is 18.5. The van der Waals surface area contributed by atoms with Gasteiger partial charge in [-0.05, 0) is 62.6 Å². The molecule has 3 aromatic rings. The van der Waals surface area contributed by atoms with E-state index >= 15 is 0 Å². The van der Waals surface area contributed by atoms with E-state index < -0.39 is 0 Å². The van der Waals surface area contributed by atoms with Crippen molar-refractivity contribution < 1.29 is 9.84 Å². The Morgan fingerprint density at radius 2 is 1.76 bits per heavy atom. The third-order valence-corrected chi connectivity index (χ3v) is 6.55. The Morgan fingerprint density at radius 3 is 2.55 bits per heavy atom. The van der Waals surface area contributed by atoms with Crippen molar-refractivity contribution in [3.05, 3.63) is 60.0 Å². The van der Waals surface area contributed by atoms with E-state index in [0.29, 0.717) is 23.8 Å². The largest absolute Gasteiger partial charge is 0.460 e. The number of pyridine rings is 1. The van der Waals surface area contributed by atoms with Gasteiger partial charge in [-0.25, -0.2) is 9.97 Å². The van der Waals surface area contributed by atoms with Crippen LogP contribution in [0, 0.1) is 5.92 Å². The van der Waals surface area contributed by atoms with E-state index in [4.69, 9.17) is 9.72 Å². The summed E-state index contributed by atoms with van der Waals surface area (Å²) in [5.41, 5.74) is 3.36. The average Bonchev–Trinajstić information content (AvgIpc) is 3.56. The highest BCUT2D eigenvalue weighted by atomic mass is 16.5. The third kappa shape index (κ3) is 3.97. The van der Waals surface area contributed by atoms with Gasteiger partial charge in [0.1, 0.15) is 6.10 Å². The predicted octanol–water partition coefficient (Wildman–Crippen LogP) is 4.61. The number of rotatable bonds is 5. The van der Waals surface area contributed by atoms with Gasteiger partial charge in [-0.1, -0.05) is 24.3 Å². The molecule has 0 aliphatic heterocycles. The van der Waals surface area contributed by atoms with Gasteiger partial charge in [0.15, 0.2) is 0 Å². The van der Waals surface area contributed by atoms with Crippen molar-refractivity contribution in [1.29, 1.82) is 0 Å². The summed E-state index contributed by atoms with van der Waals surface area (Å²) in [6.45, 7) is 2.10. The molecule has 5 nitrogen and oxygen atoms in total. The summed E-state index contributed by atoms with van der Waals surface area (Å²) in [5.74, 6) is 1.35. The van der Waals surface area contributed by atoms with Crippen LogP contribution in [0.3, 0.4) is 0 Å². The number of nitrogens with zero attached hydrogens (tertiary/aromatic N) is 3. The molecule has 0 saturated heterocycles. The first-order valence-electron chi connectivity index (χ1n) is 10.7. The fourth-order valence-electron chi connectivity index (χ4n) is 4.62. The number of ether oxygens (including phenoxy) is 1. The molecule has 0 radical (unpaired) electrons. The van der Waals surface area contributed by atoms with Crippen LogP contribution in [-0.4, -0.2) is 32.3 Å². The Kier molecular flexibility index (Phi) is 4.92. The summed E-state index contributed by atoms with van der Waals surface area (Å²) in [6.07, 6.45) is 8.54. The predicted molar refractivity (Wildman–Crippen MR) is 112 cm³/mol. The van der Waals surface area contributed by atoms with Crippen LogP contribution >= 0.6 is 0 Å². The number of aromatic nitrogens is 3. The number of benzene rings is 1. The second-order valence-corrected chi connectivity index (χ2v) is 8.56. The van der Waals surface area contributed by atoms with Crippen LogP contribution < -0.4 is 4.74 Å². The van der Waals surface area contributed by atoms with Gasteiger partial charge in [0.2, 0.25) is 0 Å². The summed E-state index contributed by atoms with van der Waals surface area (Å²) >= 11 is 0. The maximum Gasteiger partial charge on any atom is 0.316 e. The van der Waals surface area contributed by atoms with Crippen LogP contribution in [0.15, 0.2) is 48.8 Å². The second kappa shape index (κ2) is 7.71. The van der Waals surface area contributed by atoms with E-state index in [1.165, 1.54) is 5.39 Å². The lowest BCUT2D eigenvalue weighted by Crippen LogP contribution is -2.18. The molecule has 1 N–H and O–H groups in total. The van der Waals surface area contributed by atoms with Crippen LogP contribution in [0.2, 0.25) is 0 Å². The number of hydrogen-bond donors (Lipinski definition) is 1. The lowest BCUT2D eigenvalue weighted by molar-refractivity contribution is 0.122. The zero-order valence-corrected chi connectivity index (χ0v) is 16.7. The van der Waals surface area contributed by atoms with Crippen molar-refractivity contribution in [2.45, 2.75) is 63.1 Å². The minimum Gasteiger partial charge on any atom is -0.460 e. The van der Waals surface area contributed by atoms with Gasteiger partial charge >= 0.3 is 6.01 Å². The molecule has 5 heteroatoms. The van der Waals surface area contributed by atoms with Gasteiger partial charge in [-0.15, -0.1) is 0 Å². The summed E-state index contributed by atoms with van der Waals surface area (Å²) < 4.78 is 6.05. The summed E-state index contributed by atoms with van der Waals surface area (Å²) in [5, 5.41) is 10.9. The van der Waals surface area contributed by atoms with Crippen LogP contribution in [0.25, 0.3) is 10.9 Å². The van der Waals surface area contributed by atoms with Crippen molar-refractivity contribution >= 4 is 10.9 Å². The number of para-hydroxylation sites is 1. The van der Waals surface area contributed by atoms with Gasteiger partial charge in [-0.2, -0.15) is 0 Å². The lowest BCUT2D eigenvalue weighted by atomic mass is 9.84. The van der Waals surface area contributed by atoms with Crippen LogP contribution in [0.1, 0.15) is 62.1 Å². The van der Waals surface area contributed by atoms with E-state index in [2.05, 4.69) is 41.2 Å². The number of aliphatic hydroxyl groups excluding tert-OH is 1. The normalized spacial score (nSPS) is 27.5. The molecule has 3 atom stereocenters. The molecular formula is C24H27N3O2. The molecule has 2 aromatic heterocycles. The highest BCUT2D eigenvalue weighted by Crippen LogP contribution is 2.49. The molecule has 2 saturated carbocycles. The smallest absolute Gasteiger partial charge is 0.316 e. The Bertz CT molecular complexity index is 983. The summed E-state index contributed by atoms with van der Waals surface area (Å²) in [7, 11) is 0. The molecule has 0 amide bonds. The summed E-state index contributed by atoms with van der Waals surface area (Å²) in [4.78, 5) is 13.7. The van der Waals surface area contributed by atoms with E-state index in [1.807, 2.05) is 24.5 Å². The zero-order valence-electron chi connectivity index (χ0n) is 16.7. The van der Waals surface area contributed by atoms with Gasteiger partial charge in [0, 0.05) is 35.3 Å². The first-order chi connectivity index (χ1) is 14.2. The van der Waals surface area contributed by atoms with Gasteiger partial charge in [-0.3, -0.25) is 4.98 Å². The van der Waals surface area contributed by atoms with Crippen LogP contribution in [-0.2, 0) is 0 Å². The molecule has 150 valence electrons. The molecule has 2 aliphatic rings. The maximum atomic E-state index is 9.68. The molecule has 2 fully saturated rings. The molecule has 5 rings (SSSR count). The van der Waals surface area contributed by atoms with Crippen molar-refractivity contribution in [2.24, 2.45) is 5.92 Å². The van der Waals surface area contributed by atoms with Crippen molar-refractivity contribution in [3.63, 3.8) is 0 Å². The SMILES string of the molecule is CC(Oc1ncc(C2CCC(O)CC2)cn1)[C@H]1C[C@H]1c1ccc2ccccc2n1. The molecule has 1 aromatic carbocycles. The highest BCUT2D eigenvalue weighted by Gasteiger charge is 2.44.